The van der Waals surface area contributed by atoms with Crippen molar-refractivity contribution >= 4 is 31.9 Å². The molecule has 1 heterocycles. The van der Waals surface area contributed by atoms with Crippen LogP contribution in [0.15, 0.2) is 19.6 Å². The maximum absolute atomic E-state index is 9.98. The average Bonchev–Trinajstić information content (AvgIpc) is 2.50. The van der Waals surface area contributed by atoms with Crippen LogP contribution in [0.4, 0.5) is 0 Å². The Morgan fingerprint density at radius 2 is 2.06 bits per heavy atom. The Morgan fingerprint density at radius 1 is 1.29 bits per heavy atom. The zero-order chi connectivity index (χ0) is 12.3. The van der Waals surface area contributed by atoms with Gasteiger partial charge in [0.15, 0.2) is 4.67 Å². The summed E-state index contributed by atoms with van der Waals surface area (Å²) in [4.78, 5) is 0. The number of nitrogens with one attached hydrogen (secondary N) is 1. The van der Waals surface area contributed by atoms with Crippen molar-refractivity contribution in [3.05, 3.63) is 21.0 Å². The average molecular weight is 367 g/mol. The van der Waals surface area contributed by atoms with Crippen molar-refractivity contribution in [2.75, 3.05) is 0 Å². The van der Waals surface area contributed by atoms with Gasteiger partial charge in [-0.1, -0.05) is 19.3 Å². The van der Waals surface area contributed by atoms with Gasteiger partial charge in [0.2, 0.25) is 0 Å². The minimum Gasteiger partial charge on any atom is -0.452 e. The summed E-state index contributed by atoms with van der Waals surface area (Å²) in [6.45, 7) is 0.659. The highest BCUT2D eigenvalue weighted by molar-refractivity contribution is 9.13. The van der Waals surface area contributed by atoms with Gasteiger partial charge in [0, 0.05) is 6.04 Å². The molecule has 2 rings (SSSR count). The van der Waals surface area contributed by atoms with E-state index in [0.29, 0.717) is 6.54 Å². The van der Waals surface area contributed by atoms with Crippen LogP contribution >= 0.6 is 31.9 Å². The lowest BCUT2D eigenvalue weighted by Crippen LogP contribution is -2.38. The van der Waals surface area contributed by atoms with Crippen LogP contribution in [0.1, 0.15) is 37.9 Å². The topological polar surface area (TPSA) is 45.4 Å². The SMILES string of the molecule is OC1CCCCCC1NCc1cc(Br)c(Br)o1. The van der Waals surface area contributed by atoms with Gasteiger partial charge in [-0.3, -0.25) is 0 Å². The first-order chi connectivity index (χ1) is 8.16. The van der Waals surface area contributed by atoms with Crippen LogP contribution in [0, 0.1) is 0 Å². The lowest BCUT2D eigenvalue weighted by molar-refractivity contribution is 0.118. The first-order valence-electron chi connectivity index (χ1n) is 6.02. The smallest absolute Gasteiger partial charge is 0.183 e. The molecule has 1 aromatic heterocycles. The van der Waals surface area contributed by atoms with Gasteiger partial charge in [0.25, 0.3) is 0 Å². The first kappa shape index (κ1) is 13.6. The van der Waals surface area contributed by atoms with Gasteiger partial charge in [-0.2, -0.15) is 0 Å². The fourth-order valence-electron chi connectivity index (χ4n) is 2.24. The summed E-state index contributed by atoms with van der Waals surface area (Å²) in [6, 6.07) is 2.14. The Labute approximate surface area is 118 Å². The molecule has 5 heteroatoms. The summed E-state index contributed by atoms with van der Waals surface area (Å²) in [7, 11) is 0. The molecule has 1 aliphatic rings. The molecule has 0 aromatic carbocycles. The van der Waals surface area contributed by atoms with E-state index in [2.05, 4.69) is 37.2 Å². The molecule has 96 valence electrons. The molecule has 3 nitrogen and oxygen atoms in total. The van der Waals surface area contributed by atoms with Gasteiger partial charge < -0.3 is 14.8 Å². The highest BCUT2D eigenvalue weighted by Crippen LogP contribution is 2.27. The Balaban J connectivity index is 1.88. The van der Waals surface area contributed by atoms with Crippen LogP contribution < -0.4 is 5.32 Å². The van der Waals surface area contributed by atoms with Crippen molar-refractivity contribution in [3.8, 4) is 0 Å². The molecule has 1 saturated carbocycles. The van der Waals surface area contributed by atoms with E-state index in [1.807, 2.05) is 6.07 Å². The molecule has 1 aliphatic carbocycles. The van der Waals surface area contributed by atoms with Crippen molar-refractivity contribution in [1.29, 1.82) is 0 Å². The molecule has 2 unspecified atom stereocenters. The van der Waals surface area contributed by atoms with Gasteiger partial charge in [-0.15, -0.1) is 0 Å². The Hall–Kier alpha value is 0.160. The highest BCUT2D eigenvalue weighted by Gasteiger charge is 2.21. The standard InChI is InChI=1S/C12H17Br2NO2/c13-9-6-8(17-12(9)14)7-15-10-4-2-1-3-5-11(10)16/h6,10-11,15-16H,1-5,7H2. The summed E-state index contributed by atoms with van der Waals surface area (Å²) in [5.74, 6) is 0.875. The zero-order valence-corrected chi connectivity index (χ0v) is 12.8. The van der Waals surface area contributed by atoms with Crippen molar-refractivity contribution in [3.63, 3.8) is 0 Å². The maximum Gasteiger partial charge on any atom is 0.183 e. The third-order valence-electron chi connectivity index (χ3n) is 3.21. The predicted octanol–water partition coefficient (Wildman–Crippen LogP) is 3.59. The van der Waals surface area contributed by atoms with Gasteiger partial charge in [-0.05, 0) is 50.8 Å². The Kier molecular flexibility index (Phi) is 5.09. The number of halogens is 2. The molecule has 1 aromatic rings. The van der Waals surface area contributed by atoms with Crippen molar-refractivity contribution < 1.29 is 9.52 Å². The summed E-state index contributed by atoms with van der Waals surface area (Å²) in [5.41, 5.74) is 0. The summed E-state index contributed by atoms with van der Waals surface area (Å²) in [5, 5.41) is 13.4. The van der Waals surface area contributed by atoms with E-state index in [1.54, 1.807) is 0 Å². The number of hydrogen-bond acceptors (Lipinski definition) is 3. The minimum absolute atomic E-state index is 0.195. The number of aliphatic hydroxyl groups is 1. The molecule has 0 aliphatic heterocycles. The van der Waals surface area contributed by atoms with Gasteiger partial charge >= 0.3 is 0 Å². The van der Waals surface area contributed by atoms with E-state index in [0.717, 1.165) is 34.2 Å². The number of furan rings is 1. The molecule has 0 radical (unpaired) electrons. The summed E-state index contributed by atoms with van der Waals surface area (Å²) < 4.78 is 7.14. The second-order valence-electron chi connectivity index (χ2n) is 4.53. The van der Waals surface area contributed by atoms with Gasteiger partial charge in [-0.25, -0.2) is 0 Å². The summed E-state index contributed by atoms with van der Waals surface area (Å²) >= 11 is 6.70. The quantitative estimate of drug-likeness (QED) is 0.803. The van der Waals surface area contributed by atoms with E-state index >= 15 is 0 Å². The molecule has 2 N–H and O–H groups in total. The van der Waals surface area contributed by atoms with Crippen molar-refractivity contribution in [1.82, 2.24) is 5.32 Å². The van der Waals surface area contributed by atoms with Crippen LogP contribution in [0.5, 0.6) is 0 Å². The Bertz CT molecular complexity index is 348. The van der Waals surface area contributed by atoms with E-state index in [-0.39, 0.29) is 12.1 Å². The molecule has 2 atom stereocenters. The lowest BCUT2D eigenvalue weighted by Gasteiger charge is -2.21. The molecule has 0 spiro atoms. The van der Waals surface area contributed by atoms with Crippen LogP contribution in [0.2, 0.25) is 0 Å². The van der Waals surface area contributed by atoms with Crippen LogP contribution in [0.3, 0.4) is 0 Å². The van der Waals surface area contributed by atoms with E-state index < -0.39 is 0 Å². The molecule has 17 heavy (non-hydrogen) atoms. The van der Waals surface area contributed by atoms with Gasteiger partial charge in [0.1, 0.15) is 5.76 Å². The van der Waals surface area contributed by atoms with E-state index in [1.165, 1.54) is 12.8 Å². The fraction of sp³-hybridized carbons (Fsp3) is 0.667. The third kappa shape index (κ3) is 3.81. The maximum atomic E-state index is 9.98. The molecule has 0 amide bonds. The molecular formula is C12H17Br2NO2. The van der Waals surface area contributed by atoms with Crippen molar-refractivity contribution in [2.24, 2.45) is 0 Å². The zero-order valence-electron chi connectivity index (χ0n) is 9.59. The second-order valence-corrected chi connectivity index (χ2v) is 6.10. The van der Waals surface area contributed by atoms with E-state index in [4.69, 9.17) is 4.42 Å². The lowest BCUT2D eigenvalue weighted by atomic mass is 10.1. The number of aliphatic hydroxyl groups excluding tert-OH is 1. The highest BCUT2D eigenvalue weighted by atomic mass is 79.9. The third-order valence-corrected chi connectivity index (χ3v) is 4.92. The van der Waals surface area contributed by atoms with Crippen LogP contribution in [0.25, 0.3) is 0 Å². The van der Waals surface area contributed by atoms with E-state index in [9.17, 15) is 5.11 Å². The number of rotatable bonds is 3. The molecule has 0 saturated heterocycles. The van der Waals surface area contributed by atoms with Crippen LogP contribution in [-0.2, 0) is 6.54 Å². The minimum atomic E-state index is -0.223. The first-order valence-corrected chi connectivity index (χ1v) is 7.60. The largest absolute Gasteiger partial charge is 0.452 e. The molecule has 1 fully saturated rings. The molecule has 0 bridgehead atoms. The Morgan fingerprint density at radius 3 is 2.76 bits per heavy atom. The normalized spacial score (nSPS) is 25.8. The molecular weight excluding hydrogens is 350 g/mol. The van der Waals surface area contributed by atoms with Crippen molar-refractivity contribution in [2.45, 2.75) is 50.8 Å². The number of hydrogen-bond donors (Lipinski definition) is 2. The second kappa shape index (κ2) is 6.36. The summed E-state index contributed by atoms with van der Waals surface area (Å²) in [6.07, 6.45) is 5.29. The van der Waals surface area contributed by atoms with Crippen LogP contribution in [-0.4, -0.2) is 17.3 Å². The fourth-order valence-corrected chi connectivity index (χ4v) is 2.90. The van der Waals surface area contributed by atoms with Gasteiger partial charge in [0.05, 0.1) is 17.1 Å². The predicted molar refractivity (Wildman–Crippen MR) is 73.8 cm³/mol. The monoisotopic (exact) mass is 365 g/mol.